The number of sulfone groups is 2. The third-order valence-corrected chi connectivity index (χ3v) is 7.98. The SMILES string of the molecule is Cc1ccc(S(=O)(=O)CCC(=O)N(CC(C)C)[C@@H]2CCS(=O)(=O)C2)cc1. The number of nitrogens with zero attached hydrogens (tertiary/aromatic N) is 1. The van der Waals surface area contributed by atoms with Crippen molar-refractivity contribution >= 4 is 25.6 Å². The number of hydrogen-bond donors (Lipinski definition) is 0. The first-order valence-electron chi connectivity index (χ1n) is 8.79. The minimum absolute atomic E-state index is 0.0316. The van der Waals surface area contributed by atoms with Gasteiger partial charge in [0.1, 0.15) is 0 Å². The van der Waals surface area contributed by atoms with Crippen LogP contribution in [0.4, 0.5) is 0 Å². The van der Waals surface area contributed by atoms with E-state index in [-0.39, 0.29) is 46.4 Å². The van der Waals surface area contributed by atoms with Crippen molar-refractivity contribution in [1.82, 2.24) is 4.90 Å². The molecular weight excluding hydrogens is 374 g/mol. The molecule has 1 heterocycles. The van der Waals surface area contributed by atoms with Gasteiger partial charge in [-0.3, -0.25) is 4.79 Å². The zero-order valence-electron chi connectivity index (χ0n) is 15.5. The van der Waals surface area contributed by atoms with Crippen LogP contribution in [0.3, 0.4) is 0 Å². The van der Waals surface area contributed by atoms with Crippen LogP contribution < -0.4 is 0 Å². The van der Waals surface area contributed by atoms with Crippen LogP contribution in [0.1, 0.15) is 32.3 Å². The molecule has 1 aromatic rings. The second-order valence-corrected chi connectivity index (χ2v) is 11.7. The first kappa shape index (κ1) is 20.9. The third-order valence-electron chi connectivity index (χ3n) is 4.50. The van der Waals surface area contributed by atoms with Crippen LogP contribution in [0.5, 0.6) is 0 Å². The summed E-state index contributed by atoms with van der Waals surface area (Å²) in [6, 6.07) is 6.19. The molecule has 0 aromatic heterocycles. The molecule has 1 aromatic carbocycles. The largest absolute Gasteiger partial charge is 0.338 e. The van der Waals surface area contributed by atoms with Crippen LogP contribution in [0, 0.1) is 12.8 Å². The molecule has 1 fully saturated rings. The van der Waals surface area contributed by atoms with Crippen molar-refractivity contribution in [2.24, 2.45) is 5.92 Å². The quantitative estimate of drug-likeness (QED) is 0.695. The van der Waals surface area contributed by atoms with Gasteiger partial charge in [0.2, 0.25) is 5.91 Å². The number of benzene rings is 1. The molecular formula is C18H27NO5S2. The molecule has 0 N–H and O–H groups in total. The van der Waals surface area contributed by atoms with E-state index in [0.717, 1.165) is 5.56 Å². The van der Waals surface area contributed by atoms with Crippen molar-refractivity contribution in [2.45, 2.75) is 44.6 Å². The molecule has 1 amide bonds. The van der Waals surface area contributed by atoms with Crippen molar-refractivity contribution in [3.05, 3.63) is 29.8 Å². The molecule has 1 saturated heterocycles. The third kappa shape index (κ3) is 5.54. The predicted molar refractivity (Wildman–Crippen MR) is 101 cm³/mol. The molecule has 1 aliphatic rings. The normalized spacial score (nSPS) is 19.6. The minimum atomic E-state index is -3.55. The van der Waals surface area contributed by atoms with E-state index in [9.17, 15) is 21.6 Å². The van der Waals surface area contributed by atoms with E-state index in [4.69, 9.17) is 0 Å². The second-order valence-electron chi connectivity index (χ2n) is 7.38. The summed E-state index contributed by atoms with van der Waals surface area (Å²) in [5.41, 5.74) is 0.963. The van der Waals surface area contributed by atoms with Crippen molar-refractivity contribution in [3.63, 3.8) is 0 Å². The van der Waals surface area contributed by atoms with Gasteiger partial charge < -0.3 is 4.90 Å². The fraction of sp³-hybridized carbons (Fsp3) is 0.611. The standard InChI is InChI=1S/C18H27NO5S2/c1-14(2)12-19(16-8-10-25(21,22)13-16)18(20)9-11-26(23,24)17-6-4-15(3)5-7-17/h4-7,14,16H,8-13H2,1-3H3/t16-/m1/s1. The van der Waals surface area contributed by atoms with Crippen molar-refractivity contribution in [3.8, 4) is 0 Å². The van der Waals surface area contributed by atoms with Crippen LogP contribution in [0.25, 0.3) is 0 Å². The van der Waals surface area contributed by atoms with Gasteiger partial charge in [0, 0.05) is 19.0 Å². The van der Waals surface area contributed by atoms with Gasteiger partial charge in [-0.25, -0.2) is 16.8 Å². The molecule has 26 heavy (non-hydrogen) atoms. The summed E-state index contributed by atoms with van der Waals surface area (Å²) >= 11 is 0. The number of hydrogen-bond acceptors (Lipinski definition) is 5. The molecule has 0 saturated carbocycles. The number of carbonyl (C=O) groups excluding carboxylic acids is 1. The zero-order chi connectivity index (χ0) is 19.5. The highest BCUT2D eigenvalue weighted by Crippen LogP contribution is 2.21. The summed E-state index contributed by atoms with van der Waals surface area (Å²) in [7, 11) is -6.66. The lowest BCUT2D eigenvalue weighted by Crippen LogP contribution is -2.43. The van der Waals surface area contributed by atoms with E-state index in [1.165, 1.54) is 0 Å². The highest BCUT2D eigenvalue weighted by molar-refractivity contribution is 7.91. The Bertz CT molecular complexity index is 842. The van der Waals surface area contributed by atoms with Crippen molar-refractivity contribution in [1.29, 1.82) is 0 Å². The van der Waals surface area contributed by atoms with E-state index in [1.54, 1.807) is 29.2 Å². The Hall–Kier alpha value is -1.41. The first-order valence-corrected chi connectivity index (χ1v) is 12.3. The average molecular weight is 402 g/mol. The van der Waals surface area contributed by atoms with E-state index >= 15 is 0 Å². The Labute approximate surface area is 156 Å². The lowest BCUT2D eigenvalue weighted by atomic mass is 10.1. The summed E-state index contributed by atoms with van der Waals surface area (Å²) in [6.07, 6.45) is 0.283. The molecule has 8 heteroatoms. The Morgan fingerprint density at radius 1 is 1.23 bits per heavy atom. The molecule has 0 spiro atoms. The molecule has 0 bridgehead atoms. The lowest BCUT2D eigenvalue weighted by Gasteiger charge is -2.30. The molecule has 0 radical (unpaired) electrons. The highest BCUT2D eigenvalue weighted by atomic mass is 32.2. The maximum absolute atomic E-state index is 12.7. The number of aryl methyl sites for hydroxylation is 1. The summed E-state index contributed by atoms with van der Waals surface area (Å²) in [5.74, 6) is -0.340. The number of amides is 1. The van der Waals surface area contributed by atoms with Crippen LogP contribution in [-0.4, -0.2) is 57.5 Å². The van der Waals surface area contributed by atoms with Gasteiger partial charge in [-0.05, 0) is 31.4 Å². The predicted octanol–water partition coefficient (Wildman–Crippen LogP) is 1.83. The highest BCUT2D eigenvalue weighted by Gasteiger charge is 2.35. The zero-order valence-corrected chi connectivity index (χ0v) is 17.1. The first-order chi connectivity index (χ1) is 12.0. The average Bonchev–Trinajstić information content (AvgIpc) is 2.90. The van der Waals surface area contributed by atoms with E-state index in [1.807, 2.05) is 20.8 Å². The Morgan fingerprint density at radius 2 is 1.85 bits per heavy atom. The Morgan fingerprint density at radius 3 is 2.35 bits per heavy atom. The summed E-state index contributed by atoms with van der Waals surface area (Å²) in [5, 5.41) is 0. The smallest absolute Gasteiger partial charge is 0.223 e. The Kier molecular flexibility index (Phi) is 6.50. The lowest BCUT2D eigenvalue weighted by molar-refractivity contribution is -0.133. The molecule has 1 atom stereocenters. The fourth-order valence-corrected chi connectivity index (χ4v) is 6.06. The van der Waals surface area contributed by atoms with Gasteiger partial charge in [0.05, 0.1) is 22.2 Å². The van der Waals surface area contributed by atoms with Gasteiger partial charge in [-0.1, -0.05) is 31.5 Å². The maximum Gasteiger partial charge on any atom is 0.223 e. The maximum atomic E-state index is 12.7. The van der Waals surface area contributed by atoms with Gasteiger partial charge in [-0.15, -0.1) is 0 Å². The van der Waals surface area contributed by atoms with Gasteiger partial charge >= 0.3 is 0 Å². The van der Waals surface area contributed by atoms with Crippen LogP contribution in [0.15, 0.2) is 29.2 Å². The molecule has 146 valence electrons. The second kappa shape index (κ2) is 8.08. The van der Waals surface area contributed by atoms with E-state index < -0.39 is 19.7 Å². The summed E-state index contributed by atoms with van der Waals surface area (Å²) in [4.78, 5) is 14.4. The van der Waals surface area contributed by atoms with Crippen LogP contribution in [-0.2, 0) is 24.5 Å². The Balaban J connectivity index is 2.08. The van der Waals surface area contributed by atoms with Gasteiger partial charge in [0.15, 0.2) is 19.7 Å². The van der Waals surface area contributed by atoms with Gasteiger partial charge in [-0.2, -0.15) is 0 Å². The number of carbonyl (C=O) groups is 1. The van der Waals surface area contributed by atoms with Crippen LogP contribution >= 0.6 is 0 Å². The van der Waals surface area contributed by atoms with Crippen molar-refractivity contribution in [2.75, 3.05) is 23.8 Å². The summed E-state index contributed by atoms with van der Waals surface area (Å²) in [6.45, 7) is 6.21. The fourth-order valence-electron chi connectivity index (χ4n) is 3.10. The molecule has 6 nitrogen and oxygen atoms in total. The van der Waals surface area contributed by atoms with Gasteiger partial charge in [0.25, 0.3) is 0 Å². The molecule has 0 unspecified atom stereocenters. The minimum Gasteiger partial charge on any atom is -0.338 e. The monoisotopic (exact) mass is 401 g/mol. The summed E-state index contributed by atoms with van der Waals surface area (Å²) < 4.78 is 48.4. The molecule has 2 rings (SSSR count). The van der Waals surface area contributed by atoms with Crippen LogP contribution in [0.2, 0.25) is 0 Å². The van der Waals surface area contributed by atoms with Crippen molar-refractivity contribution < 1.29 is 21.6 Å². The molecule has 0 aliphatic carbocycles. The number of rotatable bonds is 7. The van der Waals surface area contributed by atoms with E-state index in [2.05, 4.69) is 0 Å². The molecule has 1 aliphatic heterocycles. The van der Waals surface area contributed by atoms with E-state index in [0.29, 0.717) is 13.0 Å². The topological polar surface area (TPSA) is 88.6 Å².